The summed E-state index contributed by atoms with van der Waals surface area (Å²) in [7, 11) is 0. The number of hydrogen-bond acceptors (Lipinski definition) is 11. The first-order valence-electron chi connectivity index (χ1n) is 29.9. The fourth-order valence-electron chi connectivity index (χ4n) is 10.2. The van der Waals surface area contributed by atoms with Gasteiger partial charge in [-0.15, -0.1) is 11.8 Å². The van der Waals surface area contributed by atoms with Crippen molar-refractivity contribution in [2.75, 3.05) is 17.3 Å². The van der Waals surface area contributed by atoms with Crippen LogP contribution in [0.2, 0.25) is 0 Å². The van der Waals surface area contributed by atoms with E-state index in [-0.39, 0.29) is 34.1 Å². The number of rotatable bonds is 47. The predicted molar refractivity (Wildman–Crippen MR) is 306 cm³/mol. The molecule has 2 aliphatic rings. The Balaban J connectivity index is 1.39. The molecule has 14 heteroatoms. The Morgan fingerprint density at radius 2 is 1.03 bits per heavy atom. The van der Waals surface area contributed by atoms with Gasteiger partial charge in [-0.3, -0.25) is 14.4 Å². The maximum Gasteiger partial charge on any atom is 0.273 e. The number of halogens is 1. The summed E-state index contributed by atoms with van der Waals surface area (Å²) < 4.78 is 12.0. The molecule has 6 N–H and O–H groups in total. The number of imide groups is 1. The number of ether oxygens (including phenoxy) is 2. The fraction of sp³-hybridized carbons (Fsp3) is 0.817. The molecule has 74 heavy (non-hydrogen) atoms. The summed E-state index contributed by atoms with van der Waals surface area (Å²) in [4.78, 5) is 40.9. The molecule has 3 rings (SSSR count). The summed E-state index contributed by atoms with van der Waals surface area (Å²) in [6, 6.07) is 7.44. The van der Waals surface area contributed by atoms with Crippen molar-refractivity contribution in [3.63, 3.8) is 0 Å². The monoisotopic (exact) mass is 1120 g/mol. The summed E-state index contributed by atoms with van der Waals surface area (Å²) in [5, 5.41) is 58.3. The zero-order valence-corrected chi connectivity index (χ0v) is 48.5. The third-order valence-electron chi connectivity index (χ3n) is 15.0. The zero-order valence-electron chi connectivity index (χ0n) is 46.1. The largest absolute Gasteiger partial charge is 0.390 e. The minimum absolute atomic E-state index is 0.0561. The van der Waals surface area contributed by atoms with Crippen LogP contribution >= 0.6 is 27.7 Å². The molecule has 0 unspecified atom stereocenters. The third-order valence-corrected chi connectivity index (χ3v) is 17.2. The van der Waals surface area contributed by atoms with Crippen LogP contribution in [0.4, 0.5) is 5.69 Å². The van der Waals surface area contributed by atoms with E-state index in [1.165, 1.54) is 173 Å². The maximum absolute atomic E-state index is 13.4. The van der Waals surface area contributed by atoms with Gasteiger partial charge in [-0.1, -0.05) is 250 Å². The minimum atomic E-state index is -1.69. The lowest BCUT2D eigenvalue weighted by Crippen LogP contribution is -2.60. The van der Waals surface area contributed by atoms with Crippen LogP contribution in [0.15, 0.2) is 39.7 Å². The third kappa shape index (κ3) is 27.1. The molecule has 0 saturated carbocycles. The molecule has 1 aromatic carbocycles. The molecule has 1 fully saturated rings. The Morgan fingerprint density at radius 1 is 0.608 bits per heavy atom. The number of anilines is 1. The van der Waals surface area contributed by atoms with Crippen molar-refractivity contribution in [2.45, 2.75) is 300 Å². The number of amides is 3. The minimum Gasteiger partial charge on any atom is -0.390 e. The van der Waals surface area contributed by atoms with Crippen LogP contribution in [0.1, 0.15) is 251 Å². The second-order valence-electron chi connectivity index (χ2n) is 21.5. The van der Waals surface area contributed by atoms with E-state index >= 15 is 0 Å². The van der Waals surface area contributed by atoms with Crippen LogP contribution in [-0.2, 0) is 23.9 Å². The van der Waals surface area contributed by atoms with Crippen molar-refractivity contribution in [1.82, 2.24) is 5.32 Å². The number of benzene rings is 1. The van der Waals surface area contributed by atoms with Crippen LogP contribution in [-0.4, -0.2) is 105 Å². The van der Waals surface area contributed by atoms with Gasteiger partial charge in [0.2, 0.25) is 5.91 Å². The fourth-order valence-corrected chi connectivity index (χ4v) is 11.9. The van der Waals surface area contributed by atoms with Crippen LogP contribution in [0.3, 0.4) is 0 Å². The van der Waals surface area contributed by atoms with Crippen molar-refractivity contribution in [3.05, 3.63) is 39.7 Å². The highest BCUT2D eigenvalue weighted by molar-refractivity contribution is 9.12. The van der Waals surface area contributed by atoms with Crippen LogP contribution in [0.25, 0.3) is 0 Å². The van der Waals surface area contributed by atoms with Gasteiger partial charge in [0, 0.05) is 12.2 Å². The SMILES string of the molecule is CCCCCCCCCCCCCCCCCCCCCCCCCC(=O)N[C@@H](CO[C@H]1O[C@H](CSC2=C(Br)C(=O)N(c3ccccc3)C2=O)[C@H](O)[C@H](O)[C@H]1O)[C@H](O)[C@H](O)CCCCCCCCCCCCCC. The van der Waals surface area contributed by atoms with Crippen molar-refractivity contribution in [2.24, 2.45) is 0 Å². The molecule has 8 atom stereocenters. The lowest BCUT2D eigenvalue weighted by molar-refractivity contribution is -0.294. The molecule has 12 nitrogen and oxygen atoms in total. The van der Waals surface area contributed by atoms with E-state index in [9.17, 15) is 39.9 Å². The molecule has 0 aromatic heterocycles. The number of unbranched alkanes of at least 4 members (excludes halogenated alkanes) is 33. The summed E-state index contributed by atoms with van der Waals surface area (Å²) in [5.74, 6) is -1.46. The number of hydrogen-bond donors (Lipinski definition) is 6. The van der Waals surface area contributed by atoms with Crippen molar-refractivity contribution < 1.29 is 49.4 Å². The Bertz CT molecular complexity index is 1640. The molecule has 2 heterocycles. The number of para-hydroxylation sites is 1. The van der Waals surface area contributed by atoms with E-state index in [2.05, 4.69) is 35.1 Å². The molecular formula is C60H103BrN2O10S. The summed E-state index contributed by atoms with van der Waals surface area (Å²) in [6.07, 6.45) is 34.3. The quantitative estimate of drug-likeness (QED) is 0.0269. The number of nitrogens with zero attached hydrogens (tertiary/aromatic N) is 1. The van der Waals surface area contributed by atoms with Crippen molar-refractivity contribution in [1.29, 1.82) is 0 Å². The lowest BCUT2D eigenvalue weighted by atomic mass is 9.98. The molecule has 1 aromatic rings. The predicted octanol–water partition coefficient (Wildman–Crippen LogP) is 13.4. The van der Waals surface area contributed by atoms with Crippen molar-refractivity contribution in [3.8, 4) is 0 Å². The Hall–Kier alpha value is -1.88. The standard InChI is InChI=1S/C60H103BrN2O10S/c1-3-5-7-9-11-13-15-17-18-19-20-21-22-23-24-25-26-27-29-31-33-35-40-44-51(65)62-48(53(66)49(64)43-39-34-32-30-28-16-14-12-10-8-6-4-2)45-72-60-56(69)55(68)54(67)50(73-60)46-74-57-52(61)58(70)63(59(57)71)47-41-37-36-38-42-47/h36-38,41-42,48-50,53-56,60,64,66-69H,3-35,39-40,43-46H2,1-2H3,(H,62,65)/t48-,49+,50+,53-,54-,55-,56+,60-/m0/s1. The molecule has 0 radical (unpaired) electrons. The number of thioether (sulfide) groups is 1. The Kier molecular flexibility index (Phi) is 37.8. The molecule has 0 aliphatic carbocycles. The highest BCUT2D eigenvalue weighted by Crippen LogP contribution is 2.38. The normalized spacial score (nSPS) is 20.4. The molecule has 0 spiro atoms. The average molecular weight is 1120 g/mol. The van der Waals surface area contributed by atoms with Gasteiger partial charge in [-0.25, -0.2) is 4.90 Å². The van der Waals surface area contributed by atoms with E-state index in [0.717, 1.165) is 55.2 Å². The number of carbonyl (C=O) groups excluding carboxylic acids is 3. The van der Waals surface area contributed by atoms with Gasteiger partial charge >= 0.3 is 0 Å². The average Bonchev–Trinajstić information content (AvgIpc) is 3.61. The topological polar surface area (TPSA) is 186 Å². The highest BCUT2D eigenvalue weighted by Gasteiger charge is 2.46. The van der Waals surface area contributed by atoms with Crippen LogP contribution in [0.5, 0.6) is 0 Å². The van der Waals surface area contributed by atoms with Crippen LogP contribution in [0, 0.1) is 0 Å². The molecule has 0 bridgehead atoms. The van der Waals surface area contributed by atoms with E-state index in [0.29, 0.717) is 24.9 Å². The number of carbonyl (C=O) groups is 3. The second-order valence-corrected chi connectivity index (χ2v) is 23.3. The van der Waals surface area contributed by atoms with Gasteiger partial charge in [0.05, 0.1) is 35.4 Å². The molecular weight excluding hydrogens is 1020 g/mol. The maximum atomic E-state index is 13.4. The van der Waals surface area contributed by atoms with E-state index in [1.54, 1.807) is 30.3 Å². The van der Waals surface area contributed by atoms with Gasteiger partial charge in [0.1, 0.15) is 28.9 Å². The molecule has 3 amide bonds. The first kappa shape index (κ1) is 66.4. The van der Waals surface area contributed by atoms with Crippen molar-refractivity contribution >= 4 is 51.1 Å². The summed E-state index contributed by atoms with van der Waals surface area (Å²) in [5.41, 5.74) is 0.403. The number of nitrogens with one attached hydrogen (secondary N) is 1. The first-order chi connectivity index (χ1) is 36.0. The summed E-state index contributed by atoms with van der Waals surface area (Å²) >= 11 is 4.22. The first-order valence-corrected chi connectivity index (χ1v) is 31.7. The summed E-state index contributed by atoms with van der Waals surface area (Å²) in [6.45, 7) is 4.16. The Labute approximate surface area is 460 Å². The van der Waals surface area contributed by atoms with Gasteiger partial charge in [0.15, 0.2) is 6.29 Å². The van der Waals surface area contributed by atoms with Crippen LogP contribution < -0.4 is 10.2 Å². The lowest BCUT2D eigenvalue weighted by Gasteiger charge is -2.41. The van der Waals surface area contributed by atoms with E-state index < -0.39 is 60.8 Å². The number of aliphatic hydroxyl groups excluding tert-OH is 5. The van der Waals surface area contributed by atoms with Gasteiger partial charge < -0.3 is 40.3 Å². The smallest absolute Gasteiger partial charge is 0.273 e. The molecule has 426 valence electrons. The van der Waals surface area contributed by atoms with Gasteiger partial charge in [0.25, 0.3) is 11.8 Å². The zero-order chi connectivity index (χ0) is 53.6. The Morgan fingerprint density at radius 3 is 1.47 bits per heavy atom. The van der Waals surface area contributed by atoms with E-state index in [4.69, 9.17) is 9.47 Å². The van der Waals surface area contributed by atoms with Gasteiger partial charge in [-0.05, 0) is 40.9 Å². The number of aliphatic hydroxyl groups is 5. The molecule has 1 saturated heterocycles. The second kappa shape index (κ2) is 42.1. The van der Waals surface area contributed by atoms with Gasteiger partial charge in [-0.2, -0.15) is 0 Å². The highest BCUT2D eigenvalue weighted by atomic mass is 79.9. The van der Waals surface area contributed by atoms with E-state index in [1.807, 2.05) is 0 Å². The molecule has 2 aliphatic heterocycles.